The molecular weight excluding hydrogens is 294 g/mol. The monoisotopic (exact) mass is 309 g/mol. The van der Waals surface area contributed by atoms with Crippen LogP contribution in [-0.4, -0.2) is 17.7 Å². The van der Waals surface area contributed by atoms with E-state index in [-0.39, 0.29) is 0 Å². The Hall–Kier alpha value is -1.44. The summed E-state index contributed by atoms with van der Waals surface area (Å²) >= 11 is 1.36. The first kappa shape index (κ1) is 13.5. The van der Waals surface area contributed by atoms with Crippen molar-refractivity contribution < 1.29 is 8.42 Å². The molecule has 0 aliphatic carbocycles. The SMILES string of the molecule is CCc1ccc(S(=O)(=O)N2Cc3nc(N)sc3C2)cc1. The number of hydrogen-bond acceptors (Lipinski definition) is 5. The number of aromatic nitrogens is 1. The zero-order chi connectivity index (χ0) is 14.3. The van der Waals surface area contributed by atoms with Gasteiger partial charge in [0.05, 0.1) is 23.7 Å². The highest BCUT2D eigenvalue weighted by Crippen LogP contribution is 2.33. The van der Waals surface area contributed by atoms with Gasteiger partial charge in [0.25, 0.3) is 0 Å². The lowest BCUT2D eigenvalue weighted by atomic mass is 10.2. The van der Waals surface area contributed by atoms with Crippen LogP contribution in [0.25, 0.3) is 0 Å². The number of thiazole rings is 1. The molecule has 2 heterocycles. The van der Waals surface area contributed by atoms with Crippen LogP contribution in [0.3, 0.4) is 0 Å². The molecule has 1 aromatic heterocycles. The highest BCUT2D eigenvalue weighted by Gasteiger charge is 2.32. The number of benzene rings is 1. The summed E-state index contributed by atoms with van der Waals surface area (Å²) in [4.78, 5) is 5.44. The molecule has 3 rings (SSSR count). The molecule has 1 aromatic carbocycles. The van der Waals surface area contributed by atoms with E-state index in [2.05, 4.69) is 4.98 Å². The Kier molecular flexibility index (Phi) is 3.27. The first-order valence-corrected chi connectivity index (χ1v) is 8.59. The molecule has 0 unspecified atom stereocenters. The molecule has 20 heavy (non-hydrogen) atoms. The van der Waals surface area contributed by atoms with E-state index < -0.39 is 10.0 Å². The van der Waals surface area contributed by atoms with E-state index in [4.69, 9.17) is 5.73 Å². The molecule has 5 nitrogen and oxygen atoms in total. The summed E-state index contributed by atoms with van der Waals surface area (Å²) in [6.45, 7) is 2.71. The maximum Gasteiger partial charge on any atom is 0.243 e. The first-order chi connectivity index (χ1) is 9.50. The van der Waals surface area contributed by atoms with Gasteiger partial charge in [0.1, 0.15) is 0 Å². The number of sulfonamides is 1. The van der Waals surface area contributed by atoms with E-state index in [0.29, 0.717) is 23.1 Å². The maximum atomic E-state index is 12.6. The Morgan fingerprint density at radius 3 is 2.60 bits per heavy atom. The summed E-state index contributed by atoms with van der Waals surface area (Å²) in [5, 5.41) is 0.499. The van der Waals surface area contributed by atoms with E-state index in [9.17, 15) is 8.42 Å². The standard InChI is InChI=1S/C13H15N3O2S2/c1-2-9-3-5-10(6-4-9)20(17,18)16-7-11-12(8-16)19-13(14)15-11/h3-6H,2,7-8H2,1H3,(H2,14,15). The molecule has 0 bridgehead atoms. The van der Waals surface area contributed by atoms with Gasteiger partial charge < -0.3 is 5.73 Å². The van der Waals surface area contributed by atoms with Gasteiger partial charge in [-0.15, -0.1) is 11.3 Å². The molecule has 0 atom stereocenters. The zero-order valence-corrected chi connectivity index (χ0v) is 12.7. The number of rotatable bonds is 3. The number of aryl methyl sites for hydroxylation is 1. The molecule has 1 aliphatic heterocycles. The maximum absolute atomic E-state index is 12.6. The second-order valence-electron chi connectivity index (χ2n) is 4.69. The third-order valence-electron chi connectivity index (χ3n) is 3.41. The summed E-state index contributed by atoms with van der Waals surface area (Å²) in [5.74, 6) is 0. The van der Waals surface area contributed by atoms with Gasteiger partial charge in [-0.05, 0) is 24.1 Å². The van der Waals surface area contributed by atoms with Crippen molar-refractivity contribution in [2.45, 2.75) is 31.3 Å². The Morgan fingerprint density at radius 2 is 2.00 bits per heavy atom. The van der Waals surface area contributed by atoms with Crippen molar-refractivity contribution in [3.8, 4) is 0 Å². The zero-order valence-electron chi connectivity index (χ0n) is 11.0. The van der Waals surface area contributed by atoms with Gasteiger partial charge >= 0.3 is 0 Å². The average Bonchev–Trinajstić information content (AvgIpc) is 2.96. The number of hydrogen-bond donors (Lipinski definition) is 1. The molecule has 0 radical (unpaired) electrons. The average molecular weight is 309 g/mol. The largest absolute Gasteiger partial charge is 0.375 e. The van der Waals surface area contributed by atoms with Crippen molar-refractivity contribution in [1.29, 1.82) is 0 Å². The fourth-order valence-electron chi connectivity index (χ4n) is 2.25. The highest BCUT2D eigenvalue weighted by atomic mass is 32.2. The Balaban J connectivity index is 1.87. The van der Waals surface area contributed by atoms with Crippen molar-refractivity contribution in [2.75, 3.05) is 5.73 Å². The summed E-state index contributed by atoms with van der Waals surface area (Å²) in [6.07, 6.45) is 0.893. The normalized spacial score (nSPS) is 15.4. The summed E-state index contributed by atoms with van der Waals surface area (Å²) in [6, 6.07) is 7.05. The van der Waals surface area contributed by atoms with Crippen LogP contribution in [0, 0.1) is 0 Å². The first-order valence-electron chi connectivity index (χ1n) is 6.34. The molecule has 2 N–H and O–H groups in total. The van der Waals surface area contributed by atoms with Crippen LogP contribution in [0.4, 0.5) is 5.13 Å². The van der Waals surface area contributed by atoms with Crippen molar-refractivity contribution in [3.63, 3.8) is 0 Å². The van der Waals surface area contributed by atoms with E-state index in [1.54, 1.807) is 12.1 Å². The summed E-state index contributed by atoms with van der Waals surface area (Å²) in [5.41, 5.74) is 7.53. The third-order valence-corrected chi connectivity index (χ3v) is 6.13. The lowest BCUT2D eigenvalue weighted by Gasteiger charge is -2.15. The second-order valence-corrected chi connectivity index (χ2v) is 7.75. The predicted octanol–water partition coefficient (Wildman–Crippen LogP) is 1.99. The van der Waals surface area contributed by atoms with Crippen molar-refractivity contribution in [2.24, 2.45) is 0 Å². The molecule has 0 saturated carbocycles. The van der Waals surface area contributed by atoms with E-state index in [1.807, 2.05) is 19.1 Å². The molecule has 0 saturated heterocycles. The lowest BCUT2D eigenvalue weighted by molar-refractivity contribution is 0.430. The quantitative estimate of drug-likeness (QED) is 0.940. The van der Waals surface area contributed by atoms with E-state index in [0.717, 1.165) is 22.6 Å². The minimum absolute atomic E-state index is 0.306. The molecule has 2 aromatic rings. The second kappa shape index (κ2) is 4.83. The van der Waals surface area contributed by atoms with Gasteiger partial charge in [0, 0.05) is 4.88 Å². The van der Waals surface area contributed by atoms with Gasteiger partial charge in [0.2, 0.25) is 10.0 Å². The molecule has 1 aliphatic rings. The smallest absolute Gasteiger partial charge is 0.243 e. The van der Waals surface area contributed by atoms with Crippen LogP contribution in [0.15, 0.2) is 29.2 Å². The Labute approximate surface area is 122 Å². The van der Waals surface area contributed by atoms with Crippen LogP contribution in [0.2, 0.25) is 0 Å². The number of fused-ring (bicyclic) bond motifs is 1. The third kappa shape index (κ3) is 2.21. The fourth-order valence-corrected chi connectivity index (χ4v) is 4.56. The van der Waals surface area contributed by atoms with Gasteiger partial charge in [-0.25, -0.2) is 13.4 Å². The number of nitrogens with two attached hydrogens (primary N) is 1. The fraction of sp³-hybridized carbons (Fsp3) is 0.308. The number of nitrogen functional groups attached to an aromatic ring is 1. The van der Waals surface area contributed by atoms with Gasteiger partial charge in [-0.1, -0.05) is 19.1 Å². The lowest BCUT2D eigenvalue weighted by Crippen LogP contribution is -2.25. The number of anilines is 1. The van der Waals surface area contributed by atoms with Crippen molar-refractivity contribution in [1.82, 2.24) is 9.29 Å². The van der Waals surface area contributed by atoms with Gasteiger partial charge in [-0.3, -0.25) is 0 Å². The highest BCUT2D eigenvalue weighted by molar-refractivity contribution is 7.89. The van der Waals surface area contributed by atoms with Crippen LogP contribution in [0.5, 0.6) is 0 Å². The molecule has 7 heteroatoms. The molecule has 0 spiro atoms. The Morgan fingerprint density at radius 1 is 1.30 bits per heavy atom. The number of nitrogens with zero attached hydrogens (tertiary/aromatic N) is 2. The molecule has 0 fully saturated rings. The summed E-state index contributed by atoms with van der Waals surface area (Å²) in [7, 11) is -3.45. The minimum atomic E-state index is -3.45. The van der Waals surface area contributed by atoms with E-state index in [1.165, 1.54) is 15.6 Å². The topological polar surface area (TPSA) is 76.3 Å². The predicted molar refractivity (Wildman–Crippen MR) is 78.8 cm³/mol. The molecule has 0 amide bonds. The van der Waals surface area contributed by atoms with Gasteiger partial charge in [0.15, 0.2) is 5.13 Å². The van der Waals surface area contributed by atoms with Crippen LogP contribution >= 0.6 is 11.3 Å². The molecule has 106 valence electrons. The van der Waals surface area contributed by atoms with E-state index >= 15 is 0 Å². The van der Waals surface area contributed by atoms with Gasteiger partial charge in [-0.2, -0.15) is 4.31 Å². The minimum Gasteiger partial charge on any atom is -0.375 e. The Bertz CT molecular complexity index is 712. The van der Waals surface area contributed by atoms with Crippen LogP contribution in [0.1, 0.15) is 23.1 Å². The molecular formula is C13H15N3O2S2. The van der Waals surface area contributed by atoms with Crippen LogP contribution < -0.4 is 5.73 Å². The van der Waals surface area contributed by atoms with Crippen molar-refractivity contribution >= 4 is 26.5 Å². The summed E-state index contributed by atoms with van der Waals surface area (Å²) < 4.78 is 26.6. The van der Waals surface area contributed by atoms with Crippen molar-refractivity contribution in [3.05, 3.63) is 40.4 Å². The van der Waals surface area contributed by atoms with Crippen LogP contribution in [-0.2, 0) is 29.5 Å².